The summed E-state index contributed by atoms with van der Waals surface area (Å²) in [5, 5.41) is 9.76. The Morgan fingerprint density at radius 2 is 1.58 bits per heavy atom. The van der Waals surface area contributed by atoms with Gasteiger partial charge in [0.05, 0.1) is 6.04 Å². The zero-order valence-electron chi connectivity index (χ0n) is 14.5. The fraction of sp³-hybridized carbons (Fsp3) is 0.286. The second-order valence-corrected chi connectivity index (χ2v) is 6.80. The van der Waals surface area contributed by atoms with Crippen LogP contribution in [0, 0.1) is 0 Å². The van der Waals surface area contributed by atoms with Crippen LogP contribution < -0.4 is 0 Å². The molecular weight excluding hydrogens is 298 g/mol. The van der Waals surface area contributed by atoms with E-state index < -0.39 is 11.6 Å². The van der Waals surface area contributed by atoms with Crippen molar-refractivity contribution in [3.05, 3.63) is 77.9 Å². The molecule has 0 saturated carbocycles. The van der Waals surface area contributed by atoms with E-state index in [9.17, 15) is 9.90 Å². The fourth-order valence-corrected chi connectivity index (χ4v) is 2.85. The average Bonchev–Trinajstić information content (AvgIpc) is 2.54. The van der Waals surface area contributed by atoms with Crippen LogP contribution in [0.3, 0.4) is 0 Å². The fourth-order valence-electron chi connectivity index (χ4n) is 2.85. The van der Waals surface area contributed by atoms with Gasteiger partial charge < -0.3 is 5.11 Å². The van der Waals surface area contributed by atoms with Crippen molar-refractivity contribution in [3.8, 4) is 0 Å². The maximum absolute atomic E-state index is 11.9. The minimum atomic E-state index is -0.899. The monoisotopic (exact) mass is 323 g/mol. The molecule has 1 atom stereocenters. The Kier molecular flexibility index (Phi) is 5.80. The first-order valence-electron chi connectivity index (χ1n) is 8.18. The molecule has 24 heavy (non-hydrogen) atoms. The van der Waals surface area contributed by atoms with Crippen molar-refractivity contribution in [2.75, 3.05) is 0 Å². The van der Waals surface area contributed by atoms with Gasteiger partial charge in [0.1, 0.15) is 0 Å². The average molecular weight is 323 g/mol. The number of benzene rings is 2. The van der Waals surface area contributed by atoms with Gasteiger partial charge in [-0.15, -0.1) is 0 Å². The predicted molar refractivity (Wildman–Crippen MR) is 98.9 cm³/mol. The van der Waals surface area contributed by atoms with Crippen molar-refractivity contribution in [1.29, 1.82) is 0 Å². The number of rotatable bonds is 5. The largest absolute Gasteiger partial charge is 0.465 e. The van der Waals surface area contributed by atoms with E-state index in [1.807, 2.05) is 87.5 Å². The van der Waals surface area contributed by atoms with Crippen molar-refractivity contribution >= 4 is 12.2 Å². The second-order valence-electron chi connectivity index (χ2n) is 6.80. The molecule has 0 aliphatic rings. The molecule has 0 unspecified atom stereocenters. The summed E-state index contributed by atoms with van der Waals surface area (Å²) in [6.07, 6.45) is 3.82. The van der Waals surface area contributed by atoms with E-state index in [2.05, 4.69) is 6.08 Å². The minimum Gasteiger partial charge on any atom is -0.465 e. The summed E-state index contributed by atoms with van der Waals surface area (Å²) < 4.78 is 0. The van der Waals surface area contributed by atoms with E-state index >= 15 is 0 Å². The summed E-state index contributed by atoms with van der Waals surface area (Å²) >= 11 is 0. The molecule has 0 radical (unpaired) electrons. The maximum atomic E-state index is 11.9. The van der Waals surface area contributed by atoms with Gasteiger partial charge in [-0.05, 0) is 38.3 Å². The van der Waals surface area contributed by atoms with Gasteiger partial charge in [-0.1, -0.05) is 72.8 Å². The highest BCUT2D eigenvalue weighted by molar-refractivity contribution is 5.67. The summed E-state index contributed by atoms with van der Waals surface area (Å²) in [6, 6.07) is 19.6. The van der Waals surface area contributed by atoms with Crippen LogP contribution in [0.1, 0.15) is 44.4 Å². The van der Waals surface area contributed by atoms with E-state index in [4.69, 9.17) is 0 Å². The molecule has 0 spiro atoms. The van der Waals surface area contributed by atoms with Crippen molar-refractivity contribution in [3.63, 3.8) is 0 Å². The molecule has 2 rings (SSSR count). The van der Waals surface area contributed by atoms with Crippen molar-refractivity contribution in [2.45, 2.75) is 38.8 Å². The summed E-state index contributed by atoms with van der Waals surface area (Å²) in [5.41, 5.74) is 1.64. The van der Waals surface area contributed by atoms with Crippen molar-refractivity contribution in [2.24, 2.45) is 0 Å². The Labute approximate surface area is 144 Å². The lowest BCUT2D eigenvalue weighted by molar-refractivity contribution is 0.0705. The molecule has 2 aromatic rings. The molecule has 0 bridgehead atoms. The van der Waals surface area contributed by atoms with Crippen LogP contribution >= 0.6 is 0 Å². The molecule has 1 N–H and O–H groups in total. The first-order chi connectivity index (χ1) is 11.4. The van der Waals surface area contributed by atoms with Crippen LogP contribution in [0.15, 0.2) is 66.7 Å². The lowest BCUT2D eigenvalue weighted by Gasteiger charge is -2.39. The highest BCUT2D eigenvalue weighted by Gasteiger charge is 2.33. The third-order valence-corrected chi connectivity index (χ3v) is 3.89. The summed E-state index contributed by atoms with van der Waals surface area (Å²) in [5.74, 6) is 0. The Bertz CT molecular complexity index is 672. The van der Waals surface area contributed by atoms with Crippen LogP contribution in [0.25, 0.3) is 6.08 Å². The zero-order valence-corrected chi connectivity index (χ0v) is 14.5. The molecule has 0 saturated heterocycles. The summed E-state index contributed by atoms with van der Waals surface area (Å²) in [6.45, 7) is 5.79. The van der Waals surface area contributed by atoms with E-state index in [-0.39, 0.29) is 6.04 Å². The van der Waals surface area contributed by atoms with Crippen LogP contribution in [0.5, 0.6) is 0 Å². The van der Waals surface area contributed by atoms with E-state index in [1.165, 1.54) is 4.90 Å². The summed E-state index contributed by atoms with van der Waals surface area (Å²) in [4.78, 5) is 13.4. The molecule has 1 amide bonds. The number of hydrogen-bond donors (Lipinski definition) is 1. The Morgan fingerprint density at radius 3 is 2.08 bits per heavy atom. The molecule has 126 valence electrons. The lowest BCUT2D eigenvalue weighted by atomic mass is 9.96. The minimum absolute atomic E-state index is 0.219. The van der Waals surface area contributed by atoms with Crippen molar-refractivity contribution in [1.82, 2.24) is 4.90 Å². The molecule has 0 aliphatic heterocycles. The number of nitrogens with zero attached hydrogens (tertiary/aromatic N) is 1. The number of carboxylic acid groups (broad SMARTS) is 1. The van der Waals surface area contributed by atoms with Gasteiger partial charge in [0.15, 0.2) is 0 Å². The molecular formula is C21H25NO2. The normalized spacial score (nSPS) is 13.0. The smallest absolute Gasteiger partial charge is 0.408 e. The predicted octanol–water partition coefficient (Wildman–Crippen LogP) is 5.61. The number of hydrogen-bond acceptors (Lipinski definition) is 1. The first-order valence-corrected chi connectivity index (χ1v) is 8.18. The van der Waals surface area contributed by atoms with Crippen LogP contribution in [0.2, 0.25) is 0 Å². The maximum Gasteiger partial charge on any atom is 0.408 e. The van der Waals surface area contributed by atoms with Gasteiger partial charge in [-0.3, -0.25) is 4.90 Å². The van der Waals surface area contributed by atoms with Gasteiger partial charge in [-0.25, -0.2) is 4.79 Å². The Hall–Kier alpha value is -2.55. The number of carbonyl (C=O) groups is 1. The van der Waals surface area contributed by atoms with Gasteiger partial charge in [0.2, 0.25) is 0 Å². The Balaban J connectivity index is 2.30. The molecule has 0 fully saturated rings. The van der Waals surface area contributed by atoms with Gasteiger partial charge >= 0.3 is 6.09 Å². The molecule has 0 heterocycles. The van der Waals surface area contributed by atoms with E-state index in [0.29, 0.717) is 6.42 Å². The van der Waals surface area contributed by atoms with Gasteiger partial charge in [-0.2, -0.15) is 0 Å². The quantitative estimate of drug-likeness (QED) is 0.777. The van der Waals surface area contributed by atoms with Crippen LogP contribution in [-0.4, -0.2) is 21.6 Å². The zero-order chi connectivity index (χ0) is 17.6. The Morgan fingerprint density at radius 1 is 1.04 bits per heavy atom. The standard InChI is InChI=1S/C21H25NO2/c1-21(2,3)22(20(23)24)19(18-14-8-5-9-15-18)16-10-13-17-11-6-4-7-12-17/h4-15,19H,16H2,1-3H3,(H,23,24)/b13-10-/t19-/m1/s1. The molecule has 3 nitrogen and oxygen atoms in total. The van der Waals surface area contributed by atoms with Crippen molar-refractivity contribution < 1.29 is 9.90 Å². The lowest BCUT2D eigenvalue weighted by Crippen LogP contribution is -2.47. The SMILES string of the molecule is CC(C)(C)N(C(=O)O)[C@H](C/C=C\c1ccccc1)c1ccccc1. The van der Waals surface area contributed by atoms with E-state index in [0.717, 1.165) is 11.1 Å². The first kappa shape index (κ1) is 17.8. The second kappa shape index (κ2) is 7.82. The van der Waals surface area contributed by atoms with E-state index in [1.54, 1.807) is 0 Å². The van der Waals surface area contributed by atoms with Gasteiger partial charge in [0.25, 0.3) is 0 Å². The molecule has 0 aromatic heterocycles. The molecule has 2 aromatic carbocycles. The van der Waals surface area contributed by atoms with Gasteiger partial charge in [0, 0.05) is 5.54 Å². The van der Waals surface area contributed by atoms with Crippen LogP contribution in [0.4, 0.5) is 4.79 Å². The summed E-state index contributed by atoms with van der Waals surface area (Å²) in [7, 11) is 0. The number of amides is 1. The third-order valence-electron chi connectivity index (χ3n) is 3.89. The molecule has 0 aliphatic carbocycles. The van der Waals surface area contributed by atoms with Crippen LogP contribution in [-0.2, 0) is 0 Å². The molecule has 3 heteroatoms. The third kappa shape index (κ3) is 4.72. The highest BCUT2D eigenvalue weighted by atomic mass is 16.4. The topological polar surface area (TPSA) is 40.5 Å². The highest BCUT2D eigenvalue weighted by Crippen LogP contribution is 2.31.